The molecule has 0 amide bonds. The largest absolute Gasteiger partial charge is 0.310 e. The molecule has 1 rings (SSSR count). The Bertz CT molecular complexity index is 356. The van der Waals surface area contributed by atoms with E-state index in [4.69, 9.17) is 0 Å². The molecule has 0 aliphatic heterocycles. The minimum atomic E-state index is 0.0899. The number of aromatic nitrogens is 2. The highest BCUT2D eigenvalue weighted by atomic mass is 15.3. The van der Waals surface area contributed by atoms with E-state index in [1.165, 1.54) is 0 Å². The third-order valence-corrected chi connectivity index (χ3v) is 4.14. The predicted octanol–water partition coefficient (Wildman–Crippen LogP) is 2.19. The van der Waals surface area contributed by atoms with Gasteiger partial charge in [-0.2, -0.15) is 5.10 Å². The van der Waals surface area contributed by atoms with Crippen LogP contribution in [0.5, 0.6) is 0 Å². The van der Waals surface area contributed by atoms with Gasteiger partial charge in [0.25, 0.3) is 0 Å². The van der Waals surface area contributed by atoms with Crippen molar-refractivity contribution < 1.29 is 0 Å². The van der Waals surface area contributed by atoms with Crippen molar-refractivity contribution in [2.45, 2.75) is 45.7 Å². The van der Waals surface area contributed by atoms with Gasteiger partial charge in [0, 0.05) is 18.8 Å². The van der Waals surface area contributed by atoms with E-state index < -0.39 is 0 Å². The highest BCUT2D eigenvalue weighted by Crippen LogP contribution is 2.33. The molecule has 18 heavy (non-hydrogen) atoms. The minimum absolute atomic E-state index is 0.0899. The maximum Gasteiger partial charge on any atom is 0.0812 e. The van der Waals surface area contributed by atoms with Crippen molar-refractivity contribution in [3.05, 3.63) is 18.0 Å². The molecule has 0 aromatic carbocycles. The van der Waals surface area contributed by atoms with E-state index in [0.717, 1.165) is 25.2 Å². The molecule has 4 heteroatoms. The topological polar surface area (TPSA) is 33.1 Å². The predicted molar refractivity (Wildman–Crippen MR) is 76.6 cm³/mol. The molecule has 0 saturated carbocycles. The van der Waals surface area contributed by atoms with Crippen molar-refractivity contribution in [2.24, 2.45) is 7.05 Å². The average molecular weight is 252 g/mol. The zero-order chi connectivity index (χ0) is 13.8. The van der Waals surface area contributed by atoms with Crippen LogP contribution in [0.25, 0.3) is 0 Å². The maximum atomic E-state index is 4.57. The fourth-order valence-electron chi connectivity index (χ4n) is 2.92. The lowest BCUT2D eigenvalue weighted by molar-refractivity contribution is 0.0711. The molecule has 1 heterocycles. The second-order valence-electron chi connectivity index (χ2n) is 5.02. The number of rotatable bonds is 7. The van der Waals surface area contributed by atoms with Gasteiger partial charge in [-0.05, 0) is 39.5 Å². The molecule has 0 aliphatic carbocycles. The Labute approximate surface area is 111 Å². The number of likely N-dealkylation sites (N-methyl/N-ethyl adjacent to an activating group) is 2. The van der Waals surface area contributed by atoms with Crippen molar-refractivity contribution >= 4 is 0 Å². The summed E-state index contributed by atoms with van der Waals surface area (Å²) in [7, 11) is 3.99. The van der Waals surface area contributed by atoms with Crippen molar-refractivity contribution in [2.75, 3.05) is 20.1 Å². The highest BCUT2D eigenvalue weighted by molar-refractivity contribution is 5.13. The summed E-state index contributed by atoms with van der Waals surface area (Å²) in [5, 5.41) is 8.03. The van der Waals surface area contributed by atoms with E-state index in [1.807, 2.05) is 25.0 Å². The summed E-state index contributed by atoms with van der Waals surface area (Å²) in [6, 6.07) is 2.36. The first-order valence-electron chi connectivity index (χ1n) is 6.95. The third-order valence-electron chi connectivity index (χ3n) is 4.14. The first-order chi connectivity index (χ1) is 8.53. The first kappa shape index (κ1) is 15.2. The lowest BCUT2D eigenvalue weighted by Crippen LogP contribution is -2.53. The molecule has 0 fully saturated rings. The van der Waals surface area contributed by atoms with Crippen molar-refractivity contribution in [1.29, 1.82) is 0 Å². The molecular weight excluding hydrogens is 224 g/mol. The van der Waals surface area contributed by atoms with Gasteiger partial charge in [-0.15, -0.1) is 0 Å². The smallest absolute Gasteiger partial charge is 0.0812 e. The van der Waals surface area contributed by atoms with Crippen LogP contribution in [0.3, 0.4) is 0 Å². The van der Waals surface area contributed by atoms with Crippen LogP contribution in [0.4, 0.5) is 0 Å². The Morgan fingerprint density at radius 3 is 2.33 bits per heavy atom. The normalized spacial score (nSPS) is 16.8. The Balaban J connectivity index is 3.10. The zero-order valence-electron chi connectivity index (χ0n) is 12.7. The number of hydrogen-bond acceptors (Lipinski definition) is 3. The molecule has 1 N–H and O–H groups in total. The number of hydrogen-bond donors (Lipinski definition) is 1. The van der Waals surface area contributed by atoms with Gasteiger partial charge < -0.3 is 5.32 Å². The van der Waals surface area contributed by atoms with E-state index in [9.17, 15) is 0 Å². The van der Waals surface area contributed by atoms with Gasteiger partial charge in [0.1, 0.15) is 0 Å². The minimum Gasteiger partial charge on any atom is -0.310 e. The number of nitrogens with zero attached hydrogens (tertiary/aromatic N) is 3. The van der Waals surface area contributed by atoms with Gasteiger partial charge >= 0.3 is 0 Å². The SMILES string of the molecule is CCN(CC)C(C)(CC)C(NC)c1ccn(C)n1. The molecular formula is C14H28N4. The Hall–Kier alpha value is -0.870. The Morgan fingerprint density at radius 2 is 2.00 bits per heavy atom. The average Bonchev–Trinajstić information content (AvgIpc) is 2.78. The lowest BCUT2D eigenvalue weighted by Gasteiger charge is -2.45. The van der Waals surface area contributed by atoms with Crippen LogP contribution in [-0.4, -0.2) is 40.4 Å². The van der Waals surface area contributed by atoms with Crippen molar-refractivity contribution in [1.82, 2.24) is 20.0 Å². The van der Waals surface area contributed by atoms with Crippen LogP contribution >= 0.6 is 0 Å². The summed E-state index contributed by atoms with van der Waals surface area (Å²) < 4.78 is 1.87. The van der Waals surface area contributed by atoms with E-state index in [1.54, 1.807) is 0 Å². The van der Waals surface area contributed by atoms with Crippen LogP contribution in [0, 0.1) is 0 Å². The standard InChI is InChI=1S/C14H28N4/c1-7-14(4,18(8-2)9-3)13(15-5)12-10-11-17(6)16-12/h10-11,13,15H,7-9H2,1-6H3. The quantitative estimate of drug-likeness (QED) is 0.807. The molecule has 0 aliphatic rings. The summed E-state index contributed by atoms with van der Waals surface area (Å²) in [6.45, 7) is 11.2. The Morgan fingerprint density at radius 1 is 1.39 bits per heavy atom. The molecule has 2 atom stereocenters. The number of nitrogens with one attached hydrogen (secondary N) is 1. The van der Waals surface area contributed by atoms with Gasteiger partial charge in [0.2, 0.25) is 0 Å². The van der Waals surface area contributed by atoms with Crippen LogP contribution in [0.15, 0.2) is 12.3 Å². The third kappa shape index (κ3) is 2.75. The fourth-order valence-corrected chi connectivity index (χ4v) is 2.92. The summed E-state index contributed by atoms with van der Waals surface area (Å²) >= 11 is 0. The second kappa shape index (κ2) is 6.34. The zero-order valence-corrected chi connectivity index (χ0v) is 12.7. The van der Waals surface area contributed by atoms with Gasteiger partial charge in [0.05, 0.1) is 11.7 Å². The molecule has 0 saturated heterocycles. The molecule has 104 valence electrons. The van der Waals surface area contributed by atoms with Gasteiger partial charge in [-0.3, -0.25) is 9.58 Å². The lowest BCUT2D eigenvalue weighted by atomic mass is 9.85. The van der Waals surface area contributed by atoms with E-state index in [2.05, 4.69) is 49.1 Å². The molecule has 0 bridgehead atoms. The highest BCUT2D eigenvalue weighted by Gasteiger charge is 2.38. The summed E-state index contributed by atoms with van der Waals surface area (Å²) in [5.41, 5.74) is 1.21. The van der Waals surface area contributed by atoms with Crippen LogP contribution in [0.2, 0.25) is 0 Å². The fraction of sp³-hybridized carbons (Fsp3) is 0.786. The monoisotopic (exact) mass is 252 g/mol. The van der Waals surface area contributed by atoms with Gasteiger partial charge in [-0.1, -0.05) is 20.8 Å². The van der Waals surface area contributed by atoms with Gasteiger partial charge in [0.15, 0.2) is 0 Å². The van der Waals surface area contributed by atoms with Gasteiger partial charge in [-0.25, -0.2) is 0 Å². The van der Waals surface area contributed by atoms with Crippen molar-refractivity contribution in [3.8, 4) is 0 Å². The molecule has 1 aromatic rings. The first-order valence-corrected chi connectivity index (χ1v) is 6.95. The summed E-state index contributed by atoms with van der Waals surface area (Å²) in [6.07, 6.45) is 3.11. The number of aryl methyl sites for hydroxylation is 1. The summed E-state index contributed by atoms with van der Waals surface area (Å²) in [5.74, 6) is 0. The van der Waals surface area contributed by atoms with Crippen LogP contribution in [-0.2, 0) is 7.05 Å². The van der Waals surface area contributed by atoms with Crippen molar-refractivity contribution in [3.63, 3.8) is 0 Å². The van der Waals surface area contributed by atoms with E-state index in [-0.39, 0.29) is 11.6 Å². The van der Waals surface area contributed by atoms with Crippen LogP contribution in [0.1, 0.15) is 45.9 Å². The van der Waals surface area contributed by atoms with E-state index >= 15 is 0 Å². The summed E-state index contributed by atoms with van der Waals surface area (Å²) in [4.78, 5) is 2.52. The molecule has 0 spiro atoms. The molecule has 2 unspecified atom stereocenters. The second-order valence-corrected chi connectivity index (χ2v) is 5.02. The van der Waals surface area contributed by atoms with Crippen LogP contribution < -0.4 is 5.32 Å². The van der Waals surface area contributed by atoms with E-state index in [0.29, 0.717) is 0 Å². The molecule has 4 nitrogen and oxygen atoms in total. The molecule has 0 radical (unpaired) electrons. The maximum absolute atomic E-state index is 4.57. The Kier molecular flexibility index (Phi) is 5.35. The molecule has 1 aromatic heterocycles.